The first-order chi connectivity index (χ1) is 8.74. The molecule has 5 heteroatoms. The van der Waals surface area contributed by atoms with Gasteiger partial charge in [0.25, 0.3) is 0 Å². The van der Waals surface area contributed by atoms with Gasteiger partial charge in [0, 0.05) is 11.7 Å². The summed E-state index contributed by atoms with van der Waals surface area (Å²) < 4.78 is 5.33. The highest BCUT2D eigenvalue weighted by Gasteiger charge is 2.30. The number of aromatic nitrogens is 3. The van der Waals surface area contributed by atoms with Crippen LogP contribution in [0.15, 0.2) is 22.7 Å². The van der Waals surface area contributed by atoms with Crippen molar-refractivity contribution in [3.8, 4) is 11.5 Å². The third kappa shape index (κ3) is 2.01. The second kappa shape index (κ2) is 4.49. The van der Waals surface area contributed by atoms with E-state index >= 15 is 0 Å². The van der Waals surface area contributed by atoms with E-state index in [0.717, 1.165) is 30.7 Å². The minimum Gasteiger partial charge on any atom is -0.339 e. The smallest absolute Gasteiger partial charge is 0.231 e. The van der Waals surface area contributed by atoms with E-state index in [4.69, 9.17) is 10.3 Å². The molecule has 0 amide bonds. The summed E-state index contributed by atoms with van der Waals surface area (Å²) in [6.07, 6.45) is 3.20. The van der Waals surface area contributed by atoms with Crippen molar-refractivity contribution < 1.29 is 4.52 Å². The Morgan fingerprint density at radius 3 is 2.89 bits per heavy atom. The number of rotatable bonds is 2. The first-order valence-corrected chi connectivity index (χ1v) is 6.27. The lowest BCUT2D eigenvalue weighted by atomic mass is 10.1. The van der Waals surface area contributed by atoms with Crippen LogP contribution < -0.4 is 5.73 Å². The van der Waals surface area contributed by atoms with Crippen molar-refractivity contribution >= 4 is 0 Å². The molecule has 0 spiro atoms. The van der Waals surface area contributed by atoms with Gasteiger partial charge in [-0.2, -0.15) is 4.98 Å². The summed E-state index contributed by atoms with van der Waals surface area (Å²) in [6, 6.07) is 5.91. The molecule has 2 aromatic heterocycles. The summed E-state index contributed by atoms with van der Waals surface area (Å²) >= 11 is 0. The van der Waals surface area contributed by atoms with Gasteiger partial charge in [0.2, 0.25) is 11.7 Å². The van der Waals surface area contributed by atoms with E-state index in [1.807, 2.05) is 25.1 Å². The highest BCUT2D eigenvalue weighted by atomic mass is 16.5. The van der Waals surface area contributed by atoms with Crippen molar-refractivity contribution in [1.29, 1.82) is 0 Å². The Bertz CT molecular complexity index is 551. The van der Waals surface area contributed by atoms with Gasteiger partial charge in [-0.05, 0) is 31.9 Å². The van der Waals surface area contributed by atoms with Gasteiger partial charge in [-0.3, -0.25) is 0 Å². The summed E-state index contributed by atoms with van der Waals surface area (Å²) in [7, 11) is 0. The fraction of sp³-hybridized carbons (Fsp3) is 0.462. The van der Waals surface area contributed by atoms with Gasteiger partial charge in [-0.15, -0.1) is 0 Å². The van der Waals surface area contributed by atoms with Gasteiger partial charge >= 0.3 is 0 Å². The summed E-state index contributed by atoms with van der Waals surface area (Å²) in [5.41, 5.74) is 7.73. The molecule has 1 aliphatic carbocycles. The lowest BCUT2D eigenvalue weighted by Crippen LogP contribution is -2.22. The maximum absolute atomic E-state index is 6.04. The molecule has 3 rings (SSSR count). The van der Waals surface area contributed by atoms with Crippen molar-refractivity contribution in [2.75, 3.05) is 0 Å². The summed E-state index contributed by atoms with van der Waals surface area (Å²) in [4.78, 5) is 8.82. The molecule has 2 heterocycles. The summed E-state index contributed by atoms with van der Waals surface area (Å²) in [6.45, 7) is 1.94. The van der Waals surface area contributed by atoms with Crippen LogP contribution in [0.5, 0.6) is 0 Å². The van der Waals surface area contributed by atoms with Gasteiger partial charge in [-0.1, -0.05) is 17.6 Å². The average molecular weight is 244 g/mol. The molecule has 5 nitrogen and oxygen atoms in total. The van der Waals surface area contributed by atoms with Crippen molar-refractivity contribution in [3.05, 3.63) is 29.8 Å². The number of hydrogen-bond donors (Lipinski definition) is 1. The molecule has 2 aromatic rings. The Hall–Kier alpha value is -1.75. The molecule has 0 bridgehead atoms. The number of aryl methyl sites for hydroxylation is 1. The number of nitrogens with two attached hydrogens (primary N) is 1. The molecule has 1 fully saturated rings. The predicted octanol–water partition coefficient (Wildman–Crippen LogP) is 2.03. The molecular formula is C13H16N4O. The van der Waals surface area contributed by atoms with Gasteiger partial charge in [0.1, 0.15) is 5.69 Å². The van der Waals surface area contributed by atoms with Crippen LogP contribution in [-0.2, 0) is 0 Å². The van der Waals surface area contributed by atoms with Crippen molar-refractivity contribution in [1.82, 2.24) is 15.1 Å². The molecule has 0 radical (unpaired) electrons. The van der Waals surface area contributed by atoms with Crippen molar-refractivity contribution in [3.63, 3.8) is 0 Å². The van der Waals surface area contributed by atoms with Crippen LogP contribution in [0.2, 0.25) is 0 Å². The van der Waals surface area contributed by atoms with Crippen LogP contribution in [0.4, 0.5) is 0 Å². The molecule has 0 aliphatic heterocycles. The average Bonchev–Trinajstić information content (AvgIpc) is 2.97. The number of nitrogens with zero attached hydrogens (tertiary/aromatic N) is 3. The molecule has 94 valence electrons. The second-order valence-electron chi connectivity index (χ2n) is 4.82. The Balaban J connectivity index is 1.89. The van der Waals surface area contributed by atoms with Gasteiger partial charge in [0.15, 0.2) is 0 Å². The topological polar surface area (TPSA) is 77.8 Å². The third-order valence-electron chi connectivity index (χ3n) is 3.45. The van der Waals surface area contributed by atoms with Crippen LogP contribution in [0.3, 0.4) is 0 Å². The molecular weight excluding hydrogens is 228 g/mol. The molecule has 2 atom stereocenters. The zero-order valence-corrected chi connectivity index (χ0v) is 10.3. The van der Waals surface area contributed by atoms with Crippen molar-refractivity contribution in [2.45, 2.75) is 38.1 Å². The van der Waals surface area contributed by atoms with Gasteiger partial charge in [-0.25, -0.2) is 4.98 Å². The predicted molar refractivity (Wildman–Crippen MR) is 66.8 cm³/mol. The quantitative estimate of drug-likeness (QED) is 0.874. The van der Waals surface area contributed by atoms with E-state index in [-0.39, 0.29) is 12.0 Å². The van der Waals surface area contributed by atoms with Crippen LogP contribution in [0, 0.1) is 6.92 Å². The van der Waals surface area contributed by atoms with Crippen LogP contribution in [-0.4, -0.2) is 21.2 Å². The lowest BCUT2D eigenvalue weighted by molar-refractivity contribution is 0.345. The Labute approximate surface area is 105 Å². The van der Waals surface area contributed by atoms with Gasteiger partial charge < -0.3 is 10.3 Å². The highest BCUT2D eigenvalue weighted by Crippen LogP contribution is 2.32. The third-order valence-corrected chi connectivity index (χ3v) is 3.45. The fourth-order valence-electron chi connectivity index (χ4n) is 2.45. The number of pyridine rings is 1. The molecule has 1 aliphatic rings. The molecule has 0 aromatic carbocycles. The second-order valence-corrected chi connectivity index (χ2v) is 4.82. The van der Waals surface area contributed by atoms with E-state index in [0.29, 0.717) is 11.7 Å². The minimum atomic E-state index is 0.142. The Kier molecular flexibility index (Phi) is 2.83. The lowest BCUT2D eigenvalue weighted by Gasteiger charge is -2.08. The minimum absolute atomic E-state index is 0.142. The monoisotopic (exact) mass is 244 g/mol. The first-order valence-electron chi connectivity index (χ1n) is 6.27. The van der Waals surface area contributed by atoms with E-state index in [2.05, 4.69) is 15.1 Å². The van der Waals surface area contributed by atoms with E-state index in [9.17, 15) is 0 Å². The van der Waals surface area contributed by atoms with Crippen LogP contribution in [0.1, 0.15) is 36.8 Å². The normalized spacial score (nSPS) is 23.4. The molecule has 1 saturated carbocycles. The van der Waals surface area contributed by atoms with E-state index in [1.54, 1.807) is 0 Å². The van der Waals surface area contributed by atoms with Crippen LogP contribution >= 0.6 is 0 Å². The van der Waals surface area contributed by atoms with Crippen LogP contribution in [0.25, 0.3) is 11.5 Å². The fourth-order valence-corrected chi connectivity index (χ4v) is 2.45. The summed E-state index contributed by atoms with van der Waals surface area (Å²) in [5, 5.41) is 4.00. The zero-order chi connectivity index (χ0) is 12.5. The van der Waals surface area contributed by atoms with Crippen molar-refractivity contribution in [2.24, 2.45) is 5.73 Å². The standard InChI is InChI=1S/C13H16N4O/c1-8-4-2-7-11(15-8)12-16-13(18-17-12)9-5-3-6-10(9)14/h2,4,7,9-10H,3,5-6,14H2,1H3. The molecule has 0 saturated heterocycles. The van der Waals surface area contributed by atoms with E-state index < -0.39 is 0 Å². The molecule has 18 heavy (non-hydrogen) atoms. The summed E-state index contributed by atoms with van der Waals surface area (Å²) in [5.74, 6) is 1.40. The first kappa shape index (κ1) is 11.3. The Morgan fingerprint density at radius 1 is 1.28 bits per heavy atom. The molecule has 2 N–H and O–H groups in total. The Morgan fingerprint density at radius 2 is 2.17 bits per heavy atom. The molecule has 2 unspecified atom stereocenters. The maximum atomic E-state index is 6.04. The zero-order valence-electron chi connectivity index (χ0n) is 10.3. The maximum Gasteiger partial charge on any atom is 0.231 e. The number of hydrogen-bond acceptors (Lipinski definition) is 5. The largest absolute Gasteiger partial charge is 0.339 e. The van der Waals surface area contributed by atoms with Gasteiger partial charge in [0.05, 0.1) is 5.92 Å². The van der Waals surface area contributed by atoms with E-state index in [1.165, 1.54) is 0 Å². The highest BCUT2D eigenvalue weighted by molar-refractivity contribution is 5.48. The SMILES string of the molecule is Cc1cccc(-c2noc(C3CCCC3N)n2)n1.